The first-order chi connectivity index (χ1) is 15.1. The van der Waals surface area contributed by atoms with Crippen molar-refractivity contribution in [2.45, 2.75) is 6.54 Å². The van der Waals surface area contributed by atoms with E-state index in [0.29, 0.717) is 17.0 Å². The van der Waals surface area contributed by atoms with E-state index < -0.39 is 5.91 Å². The number of pyridine rings is 1. The maximum atomic E-state index is 12.3. The van der Waals surface area contributed by atoms with Gasteiger partial charge in [0, 0.05) is 24.6 Å². The molecule has 0 bridgehead atoms. The molecule has 2 amide bonds. The molecule has 31 heavy (non-hydrogen) atoms. The monoisotopic (exact) mass is 412 g/mol. The van der Waals surface area contributed by atoms with Crippen LogP contribution in [-0.2, 0) is 16.1 Å². The molecular formula is C24H20N4O3. The van der Waals surface area contributed by atoms with Gasteiger partial charge in [-0.05, 0) is 47.5 Å². The topological polar surface area (TPSA) is 104 Å². The summed E-state index contributed by atoms with van der Waals surface area (Å²) in [5.74, 6) is -0.239. The molecule has 0 fully saturated rings. The lowest BCUT2D eigenvalue weighted by Crippen LogP contribution is -2.24. The zero-order chi connectivity index (χ0) is 21.9. The predicted octanol–water partition coefficient (Wildman–Crippen LogP) is 3.32. The Hall–Kier alpha value is -4.44. The number of nitriles is 1. The van der Waals surface area contributed by atoms with Gasteiger partial charge in [0.15, 0.2) is 6.61 Å². The van der Waals surface area contributed by atoms with Crippen LogP contribution in [0.4, 0.5) is 5.69 Å². The summed E-state index contributed by atoms with van der Waals surface area (Å²) in [6.07, 6.45) is 4.79. The number of carbonyl (C=O) groups is 2. The summed E-state index contributed by atoms with van der Waals surface area (Å²) < 4.78 is 5.48. The highest BCUT2D eigenvalue weighted by Crippen LogP contribution is 2.15. The molecule has 154 valence electrons. The molecule has 0 atom stereocenters. The number of hydrogen-bond acceptors (Lipinski definition) is 5. The summed E-state index contributed by atoms with van der Waals surface area (Å²) >= 11 is 0. The van der Waals surface area contributed by atoms with Crippen LogP contribution >= 0.6 is 0 Å². The highest BCUT2D eigenvalue weighted by Gasteiger charge is 2.09. The lowest BCUT2D eigenvalue weighted by molar-refractivity contribution is -0.118. The van der Waals surface area contributed by atoms with Crippen LogP contribution in [-0.4, -0.2) is 23.4 Å². The molecule has 0 unspecified atom stereocenters. The SMILES string of the molecule is N#C/C(=C/c1ccc(OCC(=O)Nc2ccccc2)cc1)C(=O)NCc1cccnc1. The molecule has 2 aromatic carbocycles. The molecule has 7 heteroatoms. The molecule has 1 heterocycles. The molecule has 2 N–H and O–H groups in total. The quantitative estimate of drug-likeness (QED) is 0.436. The fourth-order valence-electron chi connectivity index (χ4n) is 2.62. The van der Waals surface area contributed by atoms with E-state index in [1.54, 1.807) is 54.9 Å². The second-order valence-corrected chi connectivity index (χ2v) is 6.49. The third-order valence-electron chi connectivity index (χ3n) is 4.16. The normalized spacial score (nSPS) is 10.6. The Labute approximate surface area is 180 Å². The van der Waals surface area contributed by atoms with Gasteiger partial charge in [0.1, 0.15) is 17.4 Å². The highest BCUT2D eigenvalue weighted by molar-refractivity contribution is 6.01. The van der Waals surface area contributed by atoms with Crippen LogP contribution in [0.3, 0.4) is 0 Å². The van der Waals surface area contributed by atoms with Gasteiger partial charge < -0.3 is 15.4 Å². The van der Waals surface area contributed by atoms with Gasteiger partial charge in [0.25, 0.3) is 11.8 Å². The van der Waals surface area contributed by atoms with Crippen molar-refractivity contribution in [3.05, 3.63) is 95.8 Å². The molecule has 1 aromatic heterocycles. The second-order valence-electron chi connectivity index (χ2n) is 6.49. The van der Waals surface area contributed by atoms with E-state index in [-0.39, 0.29) is 24.6 Å². The predicted molar refractivity (Wildman–Crippen MR) is 117 cm³/mol. The number of para-hydroxylation sites is 1. The van der Waals surface area contributed by atoms with Gasteiger partial charge in [0.05, 0.1) is 0 Å². The molecule has 0 saturated heterocycles. The Morgan fingerprint density at radius 2 is 1.81 bits per heavy atom. The third-order valence-corrected chi connectivity index (χ3v) is 4.16. The van der Waals surface area contributed by atoms with E-state index in [9.17, 15) is 14.9 Å². The third kappa shape index (κ3) is 6.84. The summed E-state index contributed by atoms with van der Waals surface area (Å²) in [4.78, 5) is 28.2. The minimum absolute atomic E-state index is 0.0141. The Bertz CT molecular complexity index is 1090. The van der Waals surface area contributed by atoms with E-state index in [4.69, 9.17) is 4.74 Å². The number of rotatable bonds is 8. The number of nitrogens with zero attached hydrogens (tertiary/aromatic N) is 2. The van der Waals surface area contributed by atoms with Crippen molar-refractivity contribution in [3.63, 3.8) is 0 Å². The van der Waals surface area contributed by atoms with Crippen molar-refractivity contribution in [1.82, 2.24) is 10.3 Å². The van der Waals surface area contributed by atoms with Crippen molar-refractivity contribution in [2.75, 3.05) is 11.9 Å². The molecule has 0 radical (unpaired) electrons. The first-order valence-electron chi connectivity index (χ1n) is 9.51. The van der Waals surface area contributed by atoms with E-state index in [1.165, 1.54) is 6.08 Å². The van der Waals surface area contributed by atoms with Crippen LogP contribution in [0.15, 0.2) is 84.7 Å². The number of ether oxygens (including phenoxy) is 1. The van der Waals surface area contributed by atoms with Crippen LogP contribution in [0, 0.1) is 11.3 Å². The first-order valence-corrected chi connectivity index (χ1v) is 9.51. The standard InChI is InChI=1S/C24H20N4O3/c25-14-20(24(30)27-16-19-5-4-12-26-15-19)13-18-8-10-22(11-9-18)31-17-23(29)28-21-6-2-1-3-7-21/h1-13,15H,16-17H2,(H,27,30)(H,28,29)/b20-13-. The Morgan fingerprint density at radius 1 is 1.03 bits per heavy atom. The fourth-order valence-corrected chi connectivity index (χ4v) is 2.62. The van der Waals surface area contributed by atoms with Gasteiger partial charge in [-0.25, -0.2) is 0 Å². The van der Waals surface area contributed by atoms with Crippen molar-refractivity contribution in [2.24, 2.45) is 0 Å². The smallest absolute Gasteiger partial charge is 0.262 e. The number of anilines is 1. The lowest BCUT2D eigenvalue weighted by Gasteiger charge is -2.08. The molecule has 0 aliphatic heterocycles. The van der Waals surface area contributed by atoms with Crippen LogP contribution in [0.5, 0.6) is 5.75 Å². The van der Waals surface area contributed by atoms with Gasteiger partial charge in [-0.15, -0.1) is 0 Å². The Balaban J connectivity index is 1.53. The molecule has 7 nitrogen and oxygen atoms in total. The van der Waals surface area contributed by atoms with Crippen LogP contribution < -0.4 is 15.4 Å². The Kier molecular flexibility index (Phi) is 7.50. The van der Waals surface area contributed by atoms with Crippen molar-refractivity contribution >= 4 is 23.6 Å². The summed E-state index contributed by atoms with van der Waals surface area (Å²) in [6.45, 7) is 0.147. The maximum absolute atomic E-state index is 12.3. The molecule has 0 spiro atoms. The summed E-state index contributed by atoms with van der Waals surface area (Å²) in [7, 11) is 0. The van der Waals surface area contributed by atoms with E-state index in [1.807, 2.05) is 30.3 Å². The molecule has 3 aromatic rings. The summed E-state index contributed by atoms with van der Waals surface area (Å²) in [5, 5.41) is 14.7. The number of carbonyl (C=O) groups excluding carboxylic acids is 2. The fraction of sp³-hybridized carbons (Fsp3) is 0.0833. The van der Waals surface area contributed by atoms with Crippen LogP contribution in [0.25, 0.3) is 6.08 Å². The van der Waals surface area contributed by atoms with Gasteiger partial charge in [0.2, 0.25) is 0 Å². The lowest BCUT2D eigenvalue weighted by atomic mass is 10.1. The average molecular weight is 412 g/mol. The Morgan fingerprint density at radius 3 is 2.48 bits per heavy atom. The maximum Gasteiger partial charge on any atom is 0.262 e. The van der Waals surface area contributed by atoms with Gasteiger partial charge in [-0.2, -0.15) is 5.26 Å². The van der Waals surface area contributed by atoms with Gasteiger partial charge in [-0.3, -0.25) is 14.6 Å². The van der Waals surface area contributed by atoms with Crippen molar-refractivity contribution in [3.8, 4) is 11.8 Å². The number of benzene rings is 2. The number of nitrogens with one attached hydrogen (secondary N) is 2. The van der Waals surface area contributed by atoms with E-state index in [0.717, 1.165) is 5.56 Å². The largest absolute Gasteiger partial charge is 0.484 e. The van der Waals surface area contributed by atoms with Gasteiger partial charge in [-0.1, -0.05) is 36.4 Å². The molecular weight excluding hydrogens is 392 g/mol. The summed E-state index contributed by atoms with van der Waals surface area (Å²) in [6, 6.07) is 21.4. The van der Waals surface area contributed by atoms with E-state index >= 15 is 0 Å². The number of hydrogen-bond donors (Lipinski definition) is 2. The minimum Gasteiger partial charge on any atom is -0.484 e. The molecule has 0 saturated carbocycles. The number of amides is 2. The number of aromatic nitrogens is 1. The highest BCUT2D eigenvalue weighted by atomic mass is 16.5. The molecule has 3 rings (SSSR count). The van der Waals surface area contributed by atoms with Crippen molar-refractivity contribution < 1.29 is 14.3 Å². The molecule has 0 aliphatic rings. The second kappa shape index (κ2) is 10.9. The van der Waals surface area contributed by atoms with Gasteiger partial charge >= 0.3 is 0 Å². The minimum atomic E-state index is -0.468. The zero-order valence-electron chi connectivity index (χ0n) is 16.6. The van der Waals surface area contributed by atoms with Crippen LogP contribution in [0.2, 0.25) is 0 Å². The average Bonchev–Trinajstić information content (AvgIpc) is 2.81. The van der Waals surface area contributed by atoms with Crippen LogP contribution in [0.1, 0.15) is 11.1 Å². The van der Waals surface area contributed by atoms with E-state index in [2.05, 4.69) is 15.6 Å². The molecule has 0 aliphatic carbocycles. The first kappa shape index (κ1) is 21.3. The van der Waals surface area contributed by atoms with Crippen molar-refractivity contribution in [1.29, 1.82) is 5.26 Å². The summed E-state index contributed by atoms with van der Waals surface area (Å²) in [5.41, 5.74) is 2.18. The zero-order valence-corrected chi connectivity index (χ0v) is 16.6.